The van der Waals surface area contributed by atoms with Crippen LogP contribution in [-0.4, -0.2) is 54.1 Å². The van der Waals surface area contributed by atoms with Gasteiger partial charge in [-0.3, -0.25) is 9.97 Å². The predicted octanol–water partition coefficient (Wildman–Crippen LogP) is 1.62. The van der Waals surface area contributed by atoms with Crippen LogP contribution in [0.25, 0.3) is 0 Å². The maximum absolute atomic E-state index is 12.6. The molecular weight excluding hydrogens is 354 g/mol. The molecule has 2 fully saturated rings. The minimum atomic E-state index is -3.51. The minimum Gasteiger partial charge on any atom is -0.372 e. The van der Waals surface area contributed by atoms with Crippen LogP contribution in [0.1, 0.15) is 18.5 Å². The molecule has 138 valence electrons. The van der Waals surface area contributed by atoms with Gasteiger partial charge in [0.25, 0.3) is 0 Å². The van der Waals surface area contributed by atoms with Crippen molar-refractivity contribution >= 4 is 10.0 Å². The standard InChI is InChI=1S/C18H21N3O4S/c22-26(23,17-5-3-7-19-11-17)21-13-18(14-21)10-16(6-9-25-18)24-12-15-4-1-2-8-20-15/h1-5,7-8,11,16H,6,9-10,12-14H2/t16-/m0/s1. The minimum absolute atomic E-state index is 0.0500. The molecule has 0 bridgehead atoms. The maximum atomic E-state index is 12.6. The summed E-state index contributed by atoms with van der Waals surface area (Å²) in [5, 5.41) is 0. The summed E-state index contributed by atoms with van der Waals surface area (Å²) in [5.74, 6) is 0. The van der Waals surface area contributed by atoms with E-state index in [2.05, 4.69) is 9.97 Å². The highest BCUT2D eigenvalue weighted by atomic mass is 32.2. The molecule has 4 rings (SSSR count). The van der Waals surface area contributed by atoms with Crippen molar-refractivity contribution in [2.45, 2.75) is 36.0 Å². The summed E-state index contributed by atoms with van der Waals surface area (Å²) in [4.78, 5) is 8.38. The normalized spacial score (nSPS) is 22.8. The van der Waals surface area contributed by atoms with Gasteiger partial charge in [0.05, 0.1) is 24.0 Å². The highest BCUT2D eigenvalue weighted by Crippen LogP contribution is 2.38. The first kappa shape index (κ1) is 17.5. The van der Waals surface area contributed by atoms with Crippen LogP contribution >= 0.6 is 0 Å². The molecule has 0 aliphatic carbocycles. The molecular formula is C18H21N3O4S. The first-order chi connectivity index (χ1) is 12.6. The molecule has 2 saturated heterocycles. The van der Waals surface area contributed by atoms with Crippen LogP contribution in [0.15, 0.2) is 53.8 Å². The lowest BCUT2D eigenvalue weighted by atomic mass is 9.86. The van der Waals surface area contributed by atoms with Crippen molar-refractivity contribution in [2.24, 2.45) is 0 Å². The summed E-state index contributed by atoms with van der Waals surface area (Å²) in [6.45, 7) is 1.74. The molecule has 1 spiro atoms. The second kappa shape index (κ2) is 7.03. The maximum Gasteiger partial charge on any atom is 0.244 e. The zero-order valence-electron chi connectivity index (χ0n) is 14.3. The number of hydrogen-bond acceptors (Lipinski definition) is 6. The number of sulfonamides is 1. The Labute approximate surface area is 153 Å². The van der Waals surface area contributed by atoms with Crippen molar-refractivity contribution in [3.63, 3.8) is 0 Å². The molecule has 0 saturated carbocycles. The molecule has 7 nitrogen and oxygen atoms in total. The van der Waals surface area contributed by atoms with Gasteiger partial charge in [-0.2, -0.15) is 4.31 Å². The van der Waals surface area contributed by atoms with Crippen LogP contribution in [0.4, 0.5) is 0 Å². The van der Waals surface area contributed by atoms with Crippen LogP contribution < -0.4 is 0 Å². The molecule has 2 aromatic rings. The predicted molar refractivity (Wildman–Crippen MR) is 93.7 cm³/mol. The Morgan fingerprint density at radius 3 is 2.85 bits per heavy atom. The second-order valence-electron chi connectivity index (χ2n) is 6.74. The molecule has 0 N–H and O–H groups in total. The van der Waals surface area contributed by atoms with E-state index in [1.165, 1.54) is 10.5 Å². The number of nitrogens with zero attached hydrogens (tertiary/aromatic N) is 3. The fourth-order valence-electron chi connectivity index (χ4n) is 3.45. The lowest BCUT2D eigenvalue weighted by Crippen LogP contribution is -2.67. The van der Waals surface area contributed by atoms with Gasteiger partial charge in [0.15, 0.2) is 0 Å². The van der Waals surface area contributed by atoms with E-state index in [4.69, 9.17) is 9.47 Å². The van der Waals surface area contributed by atoms with Crippen LogP contribution in [0.3, 0.4) is 0 Å². The lowest BCUT2D eigenvalue weighted by molar-refractivity contribution is -0.180. The quantitative estimate of drug-likeness (QED) is 0.790. The summed E-state index contributed by atoms with van der Waals surface area (Å²) >= 11 is 0. The smallest absolute Gasteiger partial charge is 0.244 e. The van der Waals surface area contributed by atoms with Crippen molar-refractivity contribution in [3.05, 3.63) is 54.6 Å². The topological polar surface area (TPSA) is 81.6 Å². The van der Waals surface area contributed by atoms with E-state index in [0.29, 0.717) is 32.7 Å². The van der Waals surface area contributed by atoms with Crippen molar-refractivity contribution in [1.82, 2.24) is 14.3 Å². The fraction of sp³-hybridized carbons (Fsp3) is 0.444. The first-order valence-electron chi connectivity index (χ1n) is 8.63. The molecule has 2 aromatic heterocycles. The zero-order chi connectivity index (χ0) is 18.0. The van der Waals surface area contributed by atoms with E-state index < -0.39 is 15.6 Å². The number of pyridine rings is 2. The lowest BCUT2D eigenvalue weighted by Gasteiger charge is -2.52. The summed E-state index contributed by atoms with van der Waals surface area (Å²) in [5.41, 5.74) is 0.449. The van der Waals surface area contributed by atoms with Crippen molar-refractivity contribution in [2.75, 3.05) is 19.7 Å². The van der Waals surface area contributed by atoms with Gasteiger partial charge in [0.1, 0.15) is 4.90 Å². The van der Waals surface area contributed by atoms with Gasteiger partial charge >= 0.3 is 0 Å². The van der Waals surface area contributed by atoms with Crippen LogP contribution in [-0.2, 0) is 26.1 Å². The van der Waals surface area contributed by atoms with Gasteiger partial charge in [-0.05, 0) is 30.7 Å². The monoisotopic (exact) mass is 375 g/mol. The van der Waals surface area contributed by atoms with Gasteiger partial charge in [0.2, 0.25) is 10.0 Å². The molecule has 0 amide bonds. The highest BCUT2D eigenvalue weighted by molar-refractivity contribution is 7.89. The molecule has 1 atom stereocenters. The fourth-order valence-corrected chi connectivity index (χ4v) is 5.00. The van der Waals surface area contributed by atoms with Crippen molar-refractivity contribution < 1.29 is 17.9 Å². The SMILES string of the molecule is O=S(=O)(c1cccnc1)N1CC2(C[C@@H](OCc3ccccn3)CCO2)C1. The molecule has 0 radical (unpaired) electrons. The summed E-state index contributed by atoms with van der Waals surface area (Å²) in [7, 11) is -3.51. The third-order valence-corrected chi connectivity index (χ3v) is 6.62. The Bertz CT molecular complexity index is 839. The molecule has 8 heteroatoms. The molecule has 0 unspecified atom stereocenters. The molecule has 2 aliphatic rings. The highest BCUT2D eigenvalue weighted by Gasteiger charge is 2.52. The van der Waals surface area contributed by atoms with Crippen molar-refractivity contribution in [3.8, 4) is 0 Å². The Morgan fingerprint density at radius 1 is 1.23 bits per heavy atom. The zero-order valence-corrected chi connectivity index (χ0v) is 15.1. The average Bonchev–Trinajstić information content (AvgIpc) is 2.66. The van der Waals surface area contributed by atoms with Crippen LogP contribution in [0.5, 0.6) is 0 Å². The van der Waals surface area contributed by atoms with Gasteiger partial charge in [0, 0.05) is 44.7 Å². The van der Waals surface area contributed by atoms with Gasteiger partial charge in [-0.15, -0.1) is 0 Å². The van der Waals surface area contributed by atoms with E-state index in [0.717, 1.165) is 12.1 Å². The number of rotatable bonds is 5. The average molecular weight is 375 g/mol. The summed E-state index contributed by atoms with van der Waals surface area (Å²) in [6, 6.07) is 8.93. The summed E-state index contributed by atoms with van der Waals surface area (Å²) in [6.07, 6.45) is 6.24. The Balaban J connectivity index is 1.36. The Hall–Kier alpha value is -1.87. The van der Waals surface area contributed by atoms with Gasteiger partial charge < -0.3 is 9.47 Å². The number of hydrogen-bond donors (Lipinski definition) is 0. The second-order valence-corrected chi connectivity index (χ2v) is 8.68. The van der Waals surface area contributed by atoms with E-state index in [9.17, 15) is 8.42 Å². The van der Waals surface area contributed by atoms with E-state index in [1.54, 1.807) is 24.5 Å². The number of ether oxygens (including phenoxy) is 2. The molecule has 26 heavy (non-hydrogen) atoms. The van der Waals surface area contributed by atoms with Crippen molar-refractivity contribution in [1.29, 1.82) is 0 Å². The third-order valence-electron chi connectivity index (χ3n) is 4.84. The Morgan fingerprint density at radius 2 is 2.12 bits per heavy atom. The van der Waals surface area contributed by atoms with Gasteiger partial charge in [-0.1, -0.05) is 6.07 Å². The van der Waals surface area contributed by atoms with E-state index in [-0.39, 0.29) is 11.0 Å². The van der Waals surface area contributed by atoms with Gasteiger partial charge in [-0.25, -0.2) is 8.42 Å². The van der Waals surface area contributed by atoms with Crippen LogP contribution in [0, 0.1) is 0 Å². The molecule has 0 aromatic carbocycles. The van der Waals surface area contributed by atoms with E-state index in [1.807, 2.05) is 18.2 Å². The number of aromatic nitrogens is 2. The largest absolute Gasteiger partial charge is 0.372 e. The van der Waals surface area contributed by atoms with E-state index >= 15 is 0 Å². The third kappa shape index (κ3) is 3.50. The van der Waals surface area contributed by atoms with Crippen LogP contribution in [0.2, 0.25) is 0 Å². The molecule has 2 aliphatic heterocycles. The Kier molecular flexibility index (Phi) is 4.74. The summed E-state index contributed by atoms with van der Waals surface area (Å²) < 4.78 is 38.6. The first-order valence-corrected chi connectivity index (χ1v) is 10.1. The molecule has 4 heterocycles.